The summed E-state index contributed by atoms with van der Waals surface area (Å²) >= 11 is 0. The Morgan fingerprint density at radius 1 is 1.38 bits per heavy atom. The Labute approximate surface area is 126 Å². The minimum Gasteiger partial charge on any atom is -0.481 e. The zero-order valence-corrected chi connectivity index (χ0v) is 12.6. The van der Waals surface area contributed by atoms with Crippen molar-refractivity contribution in [1.82, 2.24) is 5.32 Å². The molecule has 1 fully saturated rings. The molecule has 1 aromatic rings. The highest BCUT2D eigenvalue weighted by Gasteiger charge is 2.35. The third kappa shape index (κ3) is 4.83. The smallest absolute Gasteiger partial charge is 0.306 e. The van der Waals surface area contributed by atoms with Gasteiger partial charge in [0.05, 0.1) is 11.5 Å². The fourth-order valence-electron chi connectivity index (χ4n) is 3.00. The molecule has 0 amide bonds. The van der Waals surface area contributed by atoms with Crippen molar-refractivity contribution >= 4 is 5.97 Å². The van der Waals surface area contributed by atoms with Crippen LogP contribution in [0.5, 0.6) is 0 Å². The van der Waals surface area contributed by atoms with Gasteiger partial charge in [-0.25, -0.2) is 0 Å². The molecule has 4 heteroatoms. The van der Waals surface area contributed by atoms with Crippen molar-refractivity contribution in [3.63, 3.8) is 0 Å². The number of aryl methyl sites for hydroxylation is 1. The summed E-state index contributed by atoms with van der Waals surface area (Å²) in [4.78, 5) is 10.9. The zero-order chi connectivity index (χ0) is 15.3. The van der Waals surface area contributed by atoms with E-state index in [1.807, 2.05) is 0 Å². The highest BCUT2D eigenvalue weighted by molar-refractivity contribution is 5.70. The standard InChI is InChI=1S/C17H25NO3/c1-13-3-2-4-14(11-13)7-10-18-12-17(21)8-5-15(6-9-17)16(19)20/h2-4,11,15,18,21H,5-10,12H2,1H3,(H,19,20). The molecule has 2 rings (SSSR count). The zero-order valence-electron chi connectivity index (χ0n) is 12.6. The Kier molecular flexibility index (Phi) is 5.37. The van der Waals surface area contributed by atoms with E-state index in [1.165, 1.54) is 11.1 Å². The van der Waals surface area contributed by atoms with Crippen LogP contribution in [0, 0.1) is 12.8 Å². The van der Waals surface area contributed by atoms with Crippen LogP contribution in [-0.4, -0.2) is 34.9 Å². The normalized spacial score (nSPS) is 25.7. The van der Waals surface area contributed by atoms with Gasteiger partial charge in [0.2, 0.25) is 0 Å². The second kappa shape index (κ2) is 7.05. The molecule has 1 aliphatic carbocycles. The highest BCUT2D eigenvalue weighted by atomic mass is 16.4. The van der Waals surface area contributed by atoms with Crippen LogP contribution in [0.15, 0.2) is 24.3 Å². The molecule has 0 aliphatic heterocycles. The predicted molar refractivity (Wildman–Crippen MR) is 82.3 cm³/mol. The number of benzene rings is 1. The Bertz CT molecular complexity index is 479. The fourth-order valence-corrected chi connectivity index (χ4v) is 3.00. The van der Waals surface area contributed by atoms with E-state index < -0.39 is 11.6 Å². The largest absolute Gasteiger partial charge is 0.481 e. The molecule has 0 aromatic heterocycles. The molecule has 3 N–H and O–H groups in total. The van der Waals surface area contributed by atoms with Crippen LogP contribution >= 0.6 is 0 Å². The molecule has 0 atom stereocenters. The van der Waals surface area contributed by atoms with Crippen molar-refractivity contribution in [2.45, 2.75) is 44.6 Å². The topological polar surface area (TPSA) is 69.6 Å². The quantitative estimate of drug-likeness (QED) is 0.702. The SMILES string of the molecule is Cc1cccc(CCNCC2(O)CCC(C(=O)O)CC2)c1. The van der Waals surface area contributed by atoms with Crippen molar-refractivity contribution in [3.8, 4) is 0 Å². The van der Waals surface area contributed by atoms with Gasteiger partial charge in [-0.1, -0.05) is 29.8 Å². The van der Waals surface area contributed by atoms with Gasteiger partial charge in [-0.15, -0.1) is 0 Å². The summed E-state index contributed by atoms with van der Waals surface area (Å²) in [5.41, 5.74) is 1.82. The van der Waals surface area contributed by atoms with Gasteiger partial charge in [-0.3, -0.25) is 4.79 Å². The molecule has 0 spiro atoms. The van der Waals surface area contributed by atoms with Crippen molar-refractivity contribution in [1.29, 1.82) is 0 Å². The Hall–Kier alpha value is -1.39. The lowest BCUT2D eigenvalue weighted by Gasteiger charge is -2.34. The molecular formula is C17H25NO3. The first kappa shape index (κ1) is 16.0. The van der Waals surface area contributed by atoms with E-state index in [4.69, 9.17) is 5.11 Å². The number of carbonyl (C=O) groups is 1. The molecular weight excluding hydrogens is 266 g/mol. The fraction of sp³-hybridized carbons (Fsp3) is 0.588. The van der Waals surface area contributed by atoms with Crippen molar-refractivity contribution < 1.29 is 15.0 Å². The molecule has 1 saturated carbocycles. The van der Waals surface area contributed by atoms with E-state index in [2.05, 4.69) is 36.5 Å². The maximum Gasteiger partial charge on any atom is 0.306 e. The molecule has 4 nitrogen and oxygen atoms in total. The first-order chi connectivity index (χ1) is 9.98. The summed E-state index contributed by atoms with van der Waals surface area (Å²) in [6, 6.07) is 8.43. The van der Waals surface area contributed by atoms with Gasteiger partial charge >= 0.3 is 5.97 Å². The van der Waals surface area contributed by atoms with Crippen LogP contribution in [0.25, 0.3) is 0 Å². The third-order valence-corrected chi connectivity index (χ3v) is 4.39. The Morgan fingerprint density at radius 2 is 2.10 bits per heavy atom. The second-order valence-electron chi connectivity index (χ2n) is 6.25. The lowest BCUT2D eigenvalue weighted by molar-refractivity contribution is -0.144. The summed E-state index contributed by atoms with van der Waals surface area (Å²) in [5, 5.41) is 22.7. The van der Waals surface area contributed by atoms with Crippen LogP contribution in [-0.2, 0) is 11.2 Å². The summed E-state index contributed by atoms with van der Waals surface area (Å²) < 4.78 is 0. The molecule has 116 valence electrons. The molecule has 0 heterocycles. The molecule has 0 radical (unpaired) electrons. The van der Waals surface area contributed by atoms with Crippen LogP contribution in [0.3, 0.4) is 0 Å². The summed E-state index contributed by atoms with van der Waals surface area (Å²) in [7, 11) is 0. The predicted octanol–water partition coefficient (Wildman–Crippen LogP) is 2.13. The number of rotatable bonds is 6. The van der Waals surface area contributed by atoms with E-state index in [9.17, 15) is 9.90 Å². The van der Waals surface area contributed by atoms with E-state index in [1.54, 1.807) is 0 Å². The summed E-state index contributed by atoms with van der Waals surface area (Å²) in [6.07, 6.45) is 3.23. The highest BCUT2D eigenvalue weighted by Crippen LogP contribution is 2.31. The number of aliphatic carboxylic acids is 1. The molecule has 1 aliphatic rings. The number of carboxylic acid groups (broad SMARTS) is 1. The maximum atomic E-state index is 10.9. The number of nitrogens with one attached hydrogen (secondary N) is 1. The van der Waals surface area contributed by atoms with Crippen molar-refractivity contribution in [2.24, 2.45) is 5.92 Å². The Balaban J connectivity index is 1.70. The van der Waals surface area contributed by atoms with Crippen LogP contribution in [0.2, 0.25) is 0 Å². The van der Waals surface area contributed by atoms with Gasteiger partial charge in [0.1, 0.15) is 0 Å². The van der Waals surface area contributed by atoms with Crippen LogP contribution < -0.4 is 5.32 Å². The van der Waals surface area contributed by atoms with E-state index in [0.717, 1.165) is 13.0 Å². The monoisotopic (exact) mass is 291 g/mol. The van der Waals surface area contributed by atoms with Crippen LogP contribution in [0.1, 0.15) is 36.8 Å². The minimum atomic E-state index is -0.738. The van der Waals surface area contributed by atoms with Gasteiger partial charge in [-0.05, 0) is 51.1 Å². The van der Waals surface area contributed by atoms with Gasteiger partial charge in [0.15, 0.2) is 0 Å². The molecule has 0 saturated heterocycles. The minimum absolute atomic E-state index is 0.280. The lowest BCUT2D eigenvalue weighted by atomic mass is 9.79. The molecule has 0 bridgehead atoms. The average Bonchev–Trinajstić information content (AvgIpc) is 2.44. The maximum absolute atomic E-state index is 10.9. The van der Waals surface area contributed by atoms with E-state index in [0.29, 0.717) is 32.2 Å². The van der Waals surface area contributed by atoms with Gasteiger partial charge in [-0.2, -0.15) is 0 Å². The van der Waals surface area contributed by atoms with Gasteiger partial charge in [0, 0.05) is 6.54 Å². The first-order valence-corrected chi connectivity index (χ1v) is 7.70. The molecule has 1 aromatic carbocycles. The van der Waals surface area contributed by atoms with E-state index in [-0.39, 0.29) is 5.92 Å². The Morgan fingerprint density at radius 3 is 2.71 bits per heavy atom. The molecule has 21 heavy (non-hydrogen) atoms. The van der Waals surface area contributed by atoms with Gasteiger partial charge in [0.25, 0.3) is 0 Å². The first-order valence-electron chi connectivity index (χ1n) is 7.70. The van der Waals surface area contributed by atoms with Crippen LogP contribution in [0.4, 0.5) is 0 Å². The van der Waals surface area contributed by atoms with Crippen molar-refractivity contribution in [2.75, 3.05) is 13.1 Å². The van der Waals surface area contributed by atoms with E-state index >= 15 is 0 Å². The number of hydrogen-bond acceptors (Lipinski definition) is 3. The number of aliphatic hydroxyl groups is 1. The summed E-state index contributed by atoms with van der Waals surface area (Å²) in [6.45, 7) is 3.46. The second-order valence-corrected chi connectivity index (χ2v) is 6.25. The van der Waals surface area contributed by atoms with Crippen molar-refractivity contribution in [3.05, 3.63) is 35.4 Å². The number of carboxylic acids is 1. The lowest BCUT2D eigenvalue weighted by Crippen LogP contribution is -2.44. The molecule has 0 unspecified atom stereocenters. The average molecular weight is 291 g/mol. The number of hydrogen-bond donors (Lipinski definition) is 3. The summed E-state index contributed by atoms with van der Waals surface area (Å²) in [5.74, 6) is -1.01. The van der Waals surface area contributed by atoms with Gasteiger partial charge < -0.3 is 15.5 Å². The third-order valence-electron chi connectivity index (χ3n) is 4.39.